The first-order chi connectivity index (χ1) is 18.8. The third kappa shape index (κ3) is 7.82. The van der Waals surface area contributed by atoms with E-state index in [0.717, 1.165) is 42.4 Å². The molecule has 0 spiro atoms. The third-order valence-electron chi connectivity index (χ3n) is 7.29. The van der Waals surface area contributed by atoms with Crippen molar-refractivity contribution < 1.29 is 18.7 Å². The quantitative estimate of drug-likeness (QED) is 0.311. The van der Waals surface area contributed by atoms with Gasteiger partial charge < -0.3 is 15.0 Å². The van der Waals surface area contributed by atoms with Gasteiger partial charge in [-0.1, -0.05) is 79.4 Å². The smallest absolute Gasteiger partial charge is 0.261 e. The van der Waals surface area contributed by atoms with E-state index in [1.54, 1.807) is 30.3 Å². The average molecular weight is 551 g/mol. The maximum absolute atomic E-state index is 14.8. The highest BCUT2D eigenvalue weighted by atomic mass is 35.5. The maximum atomic E-state index is 14.8. The number of carbonyl (C=O) groups is 2. The fourth-order valence-corrected chi connectivity index (χ4v) is 5.24. The molecule has 0 aliphatic heterocycles. The first-order valence-electron chi connectivity index (χ1n) is 13.6. The van der Waals surface area contributed by atoms with Gasteiger partial charge in [0.15, 0.2) is 6.61 Å². The SMILES string of the molecule is Cc1cc(OCC(=O)N(Cc2ccccc2F)[C@H](Cc2ccccc2)C(=O)NC2CCCCC2)cc(C)c1Cl. The number of nitrogens with one attached hydrogen (secondary N) is 1. The number of benzene rings is 3. The van der Waals surface area contributed by atoms with Crippen molar-refractivity contribution in [2.24, 2.45) is 0 Å². The third-order valence-corrected chi connectivity index (χ3v) is 7.89. The van der Waals surface area contributed by atoms with Crippen LogP contribution in [-0.4, -0.2) is 35.4 Å². The van der Waals surface area contributed by atoms with Crippen molar-refractivity contribution in [1.82, 2.24) is 10.2 Å². The Bertz CT molecular complexity index is 1250. The van der Waals surface area contributed by atoms with Crippen LogP contribution < -0.4 is 10.1 Å². The summed E-state index contributed by atoms with van der Waals surface area (Å²) in [5, 5.41) is 3.84. The van der Waals surface area contributed by atoms with Crippen molar-refractivity contribution in [2.75, 3.05) is 6.61 Å². The summed E-state index contributed by atoms with van der Waals surface area (Å²) in [6, 6.07) is 18.7. The largest absolute Gasteiger partial charge is 0.484 e. The lowest BCUT2D eigenvalue weighted by atomic mass is 9.94. The molecule has 206 valence electrons. The Morgan fingerprint density at radius 2 is 1.64 bits per heavy atom. The predicted octanol–water partition coefficient (Wildman–Crippen LogP) is 6.56. The number of amides is 2. The van der Waals surface area contributed by atoms with Gasteiger partial charge in [-0.2, -0.15) is 0 Å². The number of nitrogens with zero attached hydrogens (tertiary/aromatic N) is 1. The molecular weight excluding hydrogens is 515 g/mol. The van der Waals surface area contributed by atoms with Crippen LogP contribution in [0.4, 0.5) is 4.39 Å². The van der Waals surface area contributed by atoms with E-state index in [1.807, 2.05) is 44.2 Å². The lowest BCUT2D eigenvalue weighted by Gasteiger charge is -2.33. The Morgan fingerprint density at radius 3 is 2.31 bits per heavy atom. The fourth-order valence-electron chi connectivity index (χ4n) is 5.13. The molecule has 2 amide bonds. The van der Waals surface area contributed by atoms with Crippen molar-refractivity contribution >= 4 is 23.4 Å². The van der Waals surface area contributed by atoms with Crippen LogP contribution in [0.2, 0.25) is 5.02 Å². The fraction of sp³-hybridized carbons (Fsp3) is 0.375. The van der Waals surface area contributed by atoms with Gasteiger partial charge in [-0.15, -0.1) is 0 Å². The molecule has 39 heavy (non-hydrogen) atoms. The minimum absolute atomic E-state index is 0.0525. The lowest BCUT2D eigenvalue weighted by molar-refractivity contribution is -0.143. The van der Waals surface area contributed by atoms with Crippen LogP contribution in [-0.2, 0) is 22.6 Å². The van der Waals surface area contributed by atoms with Gasteiger partial charge in [0, 0.05) is 29.6 Å². The number of halogens is 2. The van der Waals surface area contributed by atoms with E-state index in [0.29, 0.717) is 22.8 Å². The van der Waals surface area contributed by atoms with Crippen molar-refractivity contribution in [3.05, 3.63) is 99.8 Å². The molecule has 0 radical (unpaired) electrons. The molecule has 1 aliphatic rings. The molecule has 3 aromatic rings. The highest BCUT2D eigenvalue weighted by Gasteiger charge is 2.32. The minimum atomic E-state index is -0.835. The van der Waals surface area contributed by atoms with Gasteiger partial charge in [-0.05, 0) is 61.6 Å². The number of carbonyl (C=O) groups excluding carboxylic acids is 2. The Hall–Kier alpha value is -3.38. The van der Waals surface area contributed by atoms with E-state index in [4.69, 9.17) is 16.3 Å². The van der Waals surface area contributed by atoms with Gasteiger partial charge in [0.25, 0.3) is 5.91 Å². The molecule has 7 heteroatoms. The molecule has 1 atom stereocenters. The second-order valence-corrected chi connectivity index (χ2v) is 10.7. The molecule has 0 saturated heterocycles. The summed E-state index contributed by atoms with van der Waals surface area (Å²) in [4.78, 5) is 29.0. The molecule has 0 bridgehead atoms. The second kappa shape index (κ2) is 13.6. The van der Waals surface area contributed by atoms with Crippen molar-refractivity contribution in [3.8, 4) is 5.75 Å². The summed E-state index contributed by atoms with van der Waals surface area (Å²) in [6.07, 6.45) is 5.45. The number of hydrogen-bond donors (Lipinski definition) is 1. The van der Waals surface area contributed by atoms with Crippen LogP contribution in [0, 0.1) is 19.7 Å². The van der Waals surface area contributed by atoms with Crippen molar-refractivity contribution in [1.29, 1.82) is 0 Å². The summed E-state index contributed by atoms with van der Waals surface area (Å²) in [5.41, 5.74) is 2.94. The number of ether oxygens (including phenoxy) is 1. The van der Waals surface area contributed by atoms with E-state index in [1.165, 1.54) is 17.4 Å². The van der Waals surface area contributed by atoms with E-state index >= 15 is 0 Å². The van der Waals surface area contributed by atoms with Crippen molar-refractivity contribution in [3.63, 3.8) is 0 Å². The van der Waals surface area contributed by atoms with Crippen LogP contribution in [0.25, 0.3) is 0 Å². The molecule has 0 unspecified atom stereocenters. The standard InChI is InChI=1S/C32H36ClFN2O3/c1-22-17-27(18-23(2)31(22)33)39-21-30(37)36(20-25-13-9-10-16-28(25)34)29(19-24-11-5-3-6-12-24)32(38)35-26-14-7-4-8-15-26/h3,5-6,9-13,16-18,26,29H,4,7-8,14-15,19-21H2,1-2H3,(H,35,38)/t29-/m1/s1. The molecule has 1 fully saturated rings. The lowest BCUT2D eigenvalue weighted by Crippen LogP contribution is -2.53. The zero-order chi connectivity index (χ0) is 27.8. The van der Waals surface area contributed by atoms with Gasteiger partial charge in [-0.25, -0.2) is 4.39 Å². The van der Waals surface area contributed by atoms with Crippen LogP contribution in [0.15, 0.2) is 66.7 Å². The summed E-state index contributed by atoms with van der Waals surface area (Å²) >= 11 is 6.29. The molecule has 1 N–H and O–H groups in total. The Morgan fingerprint density at radius 1 is 1.00 bits per heavy atom. The summed E-state index contributed by atoms with van der Waals surface area (Å²) in [7, 11) is 0. The second-order valence-electron chi connectivity index (χ2n) is 10.3. The summed E-state index contributed by atoms with van der Waals surface area (Å²) in [5.74, 6) is -0.539. The van der Waals surface area contributed by atoms with Gasteiger partial charge in [-0.3, -0.25) is 9.59 Å². The molecule has 5 nitrogen and oxygen atoms in total. The average Bonchev–Trinajstić information content (AvgIpc) is 2.94. The zero-order valence-electron chi connectivity index (χ0n) is 22.6. The van der Waals surface area contributed by atoms with E-state index in [-0.39, 0.29) is 25.1 Å². The van der Waals surface area contributed by atoms with Gasteiger partial charge in [0.2, 0.25) is 5.91 Å². The topological polar surface area (TPSA) is 58.6 Å². The molecule has 1 saturated carbocycles. The van der Waals surface area contributed by atoms with Crippen molar-refractivity contribution in [2.45, 2.75) is 71.0 Å². The highest BCUT2D eigenvalue weighted by molar-refractivity contribution is 6.32. The normalized spacial score (nSPS) is 14.5. The summed E-state index contributed by atoms with van der Waals surface area (Å²) < 4.78 is 20.7. The molecule has 4 rings (SSSR count). The summed E-state index contributed by atoms with van der Waals surface area (Å²) in [6.45, 7) is 3.40. The van der Waals surface area contributed by atoms with Gasteiger partial charge in [0.05, 0.1) is 0 Å². The van der Waals surface area contributed by atoms with Crippen LogP contribution in [0.5, 0.6) is 5.75 Å². The Kier molecular flexibility index (Phi) is 9.99. The molecule has 3 aromatic carbocycles. The van der Waals surface area contributed by atoms with Gasteiger partial charge >= 0.3 is 0 Å². The Balaban J connectivity index is 1.63. The van der Waals surface area contributed by atoms with E-state index in [9.17, 15) is 14.0 Å². The molecule has 1 aliphatic carbocycles. The number of rotatable bonds is 10. The van der Waals surface area contributed by atoms with E-state index < -0.39 is 17.8 Å². The first-order valence-corrected chi connectivity index (χ1v) is 14.0. The zero-order valence-corrected chi connectivity index (χ0v) is 23.3. The minimum Gasteiger partial charge on any atom is -0.484 e. The predicted molar refractivity (Wildman–Crippen MR) is 152 cm³/mol. The first kappa shape index (κ1) is 28.6. The number of hydrogen-bond acceptors (Lipinski definition) is 3. The monoisotopic (exact) mass is 550 g/mol. The highest BCUT2D eigenvalue weighted by Crippen LogP contribution is 2.26. The Labute approximate surface area is 235 Å². The van der Waals surface area contributed by atoms with Gasteiger partial charge in [0.1, 0.15) is 17.6 Å². The molecule has 0 heterocycles. The molecular formula is C32H36ClFN2O3. The maximum Gasteiger partial charge on any atom is 0.261 e. The number of aryl methyl sites for hydroxylation is 2. The van der Waals surface area contributed by atoms with Crippen LogP contribution in [0.1, 0.15) is 54.4 Å². The molecule has 0 aromatic heterocycles. The van der Waals surface area contributed by atoms with Crippen LogP contribution >= 0.6 is 11.6 Å². The van der Waals surface area contributed by atoms with E-state index in [2.05, 4.69) is 5.32 Å². The van der Waals surface area contributed by atoms with Crippen LogP contribution in [0.3, 0.4) is 0 Å².